The zero-order valence-electron chi connectivity index (χ0n) is 14.1. The van der Waals surface area contributed by atoms with E-state index in [0.717, 1.165) is 0 Å². The SMILES string of the molecule is COc1ccc(NC(=O)c2cc(Cl)c(OC)c(OC)c2)cc1OC(F)F. The maximum atomic E-state index is 12.5. The number of alkyl halides is 2. The van der Waals surface area contributed by atoms with E-state index in [1.807, 2.05) is 0 Å². The molecule has 9 heteroatoms. The minimum Gasteiger partial charge on any atom is -0.493 e. The molecule has 2 aromatic carbocycles. The summed E-state index contributed by atoms with van der Waals surface area (Å²) in [4.78, 5) is 12.4. The van der Waals surface area contributed by atoms with Crippen molar-refractivity contribution in [3.8, 4) is 23.0 Å². The molecule has 0 radical (unpaired) electrons. The quantitative estimate of drug-likeness (QED) is 0.770. The van der Waals surface area contributed by atoms with Crippen molar-refractivity contribution in [2.45, 2.75) is 6.61 Å². The number of methoxy groups -OCH3 is 3. The fraction of sp³-hybridized carbons (Fsp3) is 0.235. The van der Waals surface area contributed by atoms with Gasteiger partial charge in [0.25, 0.3) is 5.91 Å². The second-order valence-electron chi connectivity index (χ2n) is 4.89. The van der Waals surface area contributed by atoms with Crippen LogP contribution in [0.1, 0.15) is 10.4 Å². The molecule has 6 nitrogen and oxygen atoms in total. The van der Waals surface area contributed by atoms with Crippen molar-refractivity contribution in [3.05, 3.63) is 40.9 Å². The fourth-order valence-electron chi connectivity index (χ4n) is 2.19. The summed E-state index contributed by atoms with van der Waals surface area (Å²) in [7, 11) is 4.15. The summed E-state index contributed by atoms with van der Waals surface area (Å²) in [6.07, 6.45) is 0. The zero-order chi connectivity index (χ0) is 19.3. The van der Waals surface area contributed by atoms with Gasteiger partial charge < -0.3 is 24.3 Å². The molecule has 0 bridgehead atoms. The van der Waals surface area contributed by atoms with Crippen molar-refractivity contribution in [1.82, 2.24) is 0 Å². The Morgan fingerprint density at radius 2 is 1.69 bits per heavy atom. The molecule has 1 amide bonds. The molecule has 140 valence electrons. The molecule has 26 heavy (non-hydrogen) atoms. The van der Waals surface area contributed by atoms with E-state index in [1.54, 1.807) is 0 Å². The van der Waals surface area contributed by atoms with Crippen LogP contribution in [0.2, 0.25) is 5.02 Å². The topological polar surface area (TPSA) is 66.0 Å². The molecule has 0 fully saturated rings. The highest BCUT2D eigenvalue weighted by atomic mass is 35.5. The van der Waals surface area contributed by atoms with E-state index in [9.17, 15) is 13.6 Å². The number of benzene rings is 2. The van der Waals surface area contributed by atoms with Crippen LogP contribution in [-0.2, 0) is 0 Å². The van der Waals surface area contributed by atoms with Gasteiger partial charge in [-0.3, -0.25) is 4.79 Å². The first kappa shape index (κ1) is 19.6. The van der Waals surface area contributed by atoms with Crippen LogP contribution in [0.25, 0.3) is 0 Å². The first-order valence-electron chi connectivity index (χ1n) is 7.25. The van der Waals surface area contributed by atoms with E-state index in [2.05, 4.69) is 10.1 Å². The number of rotatable bonds is 7. The Kier molecular flexibility index (Phi) is 6.46. The molecule has 0 aliphatic carbocycles. The predicted molar refractivity (Wildman–Crippen MR) is 92.1 cm³/mol. The summed E-state index contributed by atoms with van der Waals surface area (Å²) in [5, 5.41) is 2.75. The van der Waals surface area contributed by atoms with E-state index in [0.29, 0.717) is 5.75 Å². The van der Waals surface area contributed by atoms with Crippen LogP contribution in [-0.4, -0.2) is 33.8 Å². The monoisotopic (exact) mass is 387 g/mol. The number of halogens is 3. The normalized spacial score (nSPS) is 10.4. The van der Waals surface area contributed by atoms with E-state index < -0.39 is 12.5 Å². The van der Waals surface area contributed by atoms with Crippen molar-refractivity contribution in [1.29, 1.82) is 0 Å². The maximum absolute atomic E-state index is 12.5. The van der Waals surface area contributed by atoms with Crippen molar-refractivity contribution >= 4 is 23.2 Å². The Hall–Kier alpha value is -2.74. The van der Waals surface area contributed by atoms with Crippen molar-refractivity contribution in [2.24, 2.45) is 0 Å². The number of hydrogen-bond donors (Lipinski definition) is 1. The average Bonchev–Trinajstić information content (AvgIpc) is 2.60. The summed E-state index contributed by atoms with van der Waals surface area (Å²) in [5.74, 6) is -0.0477. The third-order valence-corrected chi connectivity index (χ3v) is 3.61. The number of anilines is 1. The van der Waals surface area contributed by atoms with Crippen molar-refractivity contribution in [3.63, 3.8) is 0 Å². The Bertz CT molecular complexity index is 801. The summed E-state index contributed by atoms with van der Waals surface area (Å²) in [5.41, 5.74) is 0.428. The number of carbonyl (C=O) groups excluding carboxylic acids is 1. The molecule has 0 aromatic heterocycles. The lowest BCUT2D eigenvalue weighted by atomic mass is 10.1. The Morgan fingerprint density at radius 3 is 2.27 bits per heavy atom. The largest absolute Gasteiger partial charge is 0.493 e. The molecule has 0 atom stereocenters. The van der Waals surface area contributed by atoms with Gasteiger partial charge in [-0.25, -0.2) is 0 Å². The van der Waals surface area contributed by atoms with E-state index >= 15 is 0 Å². The molecule has 2 rings (SSSR count). The van der Waals surface area contributed by atoms with Gasteiger partial charge in [-0.1, -0.05) is 11.6 Å². The van der Waals surface area contributed by atoms with Gasteiger partial charge in [-0.05, 0) is 24.3 Å². The zero-order valence-corrected chi connectivity index (χ0v) is 14.9. The van der Waals surface area contributed by atoms with Gasteiger partial charge in [-0.2, -0.15) is 8.78 Å². The Labute approximate surface area is 153 Å². The van der Waals surface area contributed by atoms with Crippen LogP contribution in [0.3, 0.4) is 0 Å². The van der Waals surface area contributed by atoms with Crippen LogP contribution < -0.4 is 24.3 Å². The van der Waals surface area contributed by atoms with Gasteiger partial charge >= 0.3 is 6.61 Å². The Morgan fingerprint density at radius 1 is 1.00 bits per heavy atom. The number of amides is 1. The molecule has 2 aromatic rings. The molecule has 0 aliphatic rings. The predicted octanol–water partition coefficient (Wildman–Crippen LogP) is 4.22. The smallest absolute Gasteiger partial charge is 0.387 e. The third-order valence-electron chi connectivity index (χ3n) is 3.33. The van der Waals surface area contributed by atoms with Crippen LogP contribution in [0.5, 0.6) is 23.0 Å². The van der Waals surface area contributed by atoms with E-state index in [4.69, 9.17) is 25.8 Å². The second-order valence-corrected chi connectivity index (χ2v) is 5.30. The molecule has 0 heterocycles. The highest BCUT2D eigenvalue weighted by Gasteiger charge is 2.17. The molecular formula is C17H16ClF2NO5. The van der Waals surface area contributed by atoms with Crippen molar-refractivity contribution in [2.75, 3.05) is 26.6 Å². The number of carbonyl (C=O) groups is 1. The number of ether oxygens (including phenoxy) is 4. The number of hydrogen-bond acceptors (Lipinski definition) is 5. The Balaban J connectivity index is 2.28. The highest BCUT2D eigenvalue weighted by Crippen LogP contribution is 2.36. The first-order chi connectivity index (χ1) is 12.4. The highest BCUT2D eigenvalue weighted by molar-refractivity contribution is 6.32. The van der Waals surface area contributed by atoms with Crippen LogP contribution >= 0.6 is 11.6 Å². The van der Waals surface area contributed by atoms with Gasteiger partial charge in [-0.15, -0.1) is 0 Å². The van der Waals surface area contributed by atoms with Gasteiger partial charge in [0.05, 0.1) is 26.4 Å². The molecule has 1 N–H and O–H groups in total. The van der Waals surface area contributed by atoms with E-state index in [1.165, 1.54) is 51.7 Å². The van der Waals surface area contributed by atoms with Gasteiger partial charge in [0.15, 0.2) is 23.0 Å². The van der Waals surface area contributed by atoms with Crippen LogP contribution in [0.4, 0.5) is 14.5 Å². The summed E-state index contributed by atoms with van der Waals surface area (Å²) in [6, 6.07) is 6.95. The third kappa shape index (κ3) is 4.45. The minimum absolute atomic E-state index is 0.109. The summed E-state index contributed by atoms with van der Waals surface area (Å²) < 4.78 is 44.6. The lowest BCUT2D eigenvalue weighted by Gasteiger charge is -2.14. The second kappa shape index (κ2) is 8.57. The minimum atomic E-state index is -3.03. The first-order valence-corrected chi connectivity index (χ1v) is 7.63. The molecule has 0 spiro atoms. The lowest BCUT2D eigenvalue weighted by Crippen LogP contribution is -2.13. The van der Waals surface area contributed by atoms with Crippen LogP contribution in [0.15, 0.2) is 30.3 Å². The van der Waals surface area contributed by atoms with E-state index in [-0.39, 0.29) is 33.5 Å². The number of nitrogens with one attached hydrogen (secondary N) is 1. The maximum Gasteiger partial charge on any atom is 0.387 e. The molecule has 0 saturated carbocycles. The van der Waals surface area contributed by atoms with Crippen LogP contribution in [0, 0.1) is 0 Å². The van der Waals surface area contributed by atoms with Crippen molar-refractivity contribution < 1.29 is 32.5 Å². The fourth-order valence-corrected chi connectivity index (χ4v) is 2.48. The lowest BCUT2D eigenvalue weighted by molar-refractivity contribution is -0.0511. The molecule has 0 aliphatic heterocycles. The van der Waals surface area contributed by atoms with Gasteiger partial charge in [0, 0.05) is 17.3 Å². The average molecular weight is 388 g/mol. The van der Waals surface area contributed by atoms with Gasteiger partial charge in [0.2, 0.25) is 0 Å². The molecule has 0 saturated heterocycles. The van der Waals surface area contributed by atoms with Gasteiger partial charge in [0.1, 0.15) is 0 Å². The molecule has 0 unspecified atom stereocenters. The summed E-state index contributed by atoms with van der Waals surface area (Å²) in [6.45, 7) is -3.03. The summed E-state index contributed by atoms with van der Waals surface area (Å²) >= 11 is 6.08. The standard InChI is InChI=1S/C17H16ClF2NO5/c1-23-12-5-4-10(8-13(12)26-17(19)20)21-16(22)9-6-11(18)15(25-3)14(7-9)24-2/h4-8,17H,1-3H3,(H,21,22). The molecular weight excluding hydrogens is 372 g/mol.